The van der Waals surface area contributed by atoms with Crippen LogP contribution in [0.5, 0.6) is 0 Å². The minimum absolute atomic E-state index is 0.0802. The van der Waals surface area contributed by atoms with Crippen molar-refractivity contribution in [3.05, 3.63) is 29.8 Å². The second-order valence-electron chi connectivity index (χ2n) is 8.21. The Morgan fingerprint density at radius 3 is 2.50 bits per heavy atom. The molecule has 2 saturated heterocycles. The van der Waals surface area contributed by atoms with E-state index >= 15 is 0 Å². The number of unbranched alkanes of at least 4 members (excludes halogenated alkanes) is 1. The Bertz CT molecular complexity index is 640. The number of hydrogen-bond donors (Lipinski definition) is 2. The molecule has 2 aliphatic heterocycles. The topological polar surface area (TPSA) is 64.7 Å². The Hall–Kier alpha value is -2.08. The van der Waals surface area contributed by atoms with E-state index in [1.807, 2.05) is 4.90 Å². The van der Waals surface area contributed by atoms with E-state index < -0.39 is 0 Å². The van der Waals surface area contributed by atoms with Crippen LogP contribution in [0.2, 0.25) is 0 Å². The van der Waals surface area contributed by atoms with Gasteiger partial charge in [-0.05, 0) is 81.8 Å². The molecule has 0 aliphatic carbocycles. The summed E-state index contributed by atoms with van der Waals surface area (Å²) in [6.45, 7) is 8.25. The van der Waals surface area contributed by atoms with Crippen molar-refractivity contribution in [2.24, 2.45) is 5.92 Å². The van der Waals surface area contributed by atoms with Gasteiger partial charge in [0.05, 0.1) is 0 Å². The lowest BCUT2D eigenvalue weighted by Gasteiger charge is -2.30. The van der Waals surface area contributed by atoms with Gasteiger partial charge in [0.15, 0.2) is 0 Å². The zero-order valence-electron chi connectivity index (χ0n) is 17.1. The van der Waals surface area contributed by atoms with Crippen molar-refractivity contribution in [3.8, 4) is 0 Å². The first-order valence-electron chi connectivity index (χ1n) is 10.8. The number of piperidine rings is 1. The van der Waals surface area contributed by atoms with Gasteiger partial charge in [-0.25, -0.2) is 4.79 Å². The third-order valence-electron chi connectivity index (χ3n) is 5.71. The largest absolute Gasteiger partial charge is 0.339 e. The third-order valence-corrected chi connectivity index (χ3v) is 5.71. The van der Waals surface area contributed by atoms with E-state index in [-0.39, 0.29) is 11.9 Å². The number of nitrogens with one attached hydrogen (secondary N) is 2. The van der Waals surface area contributed by atoms with E-state index in [1.54, 1.807) is 24.3 Å². The zero-order chi connectivity index (χ0) is 19.8. The number of hydrogen-bond acceptors (Lipinski definition) is 3. The average Bonchev–Trinajstić information content (AvgIpc) is 3.23. The molecule has 0 bridgehead atoms. The molecule has 1 unspecified atom stereocenters. The highest BCUT2D eigenvalue weighted by molar-refractivity contribution is 5.95. The molecular weight excluding hydrogens is 352 g/mol. The summed E-state index contributed by atoms with van der Waals surface area (Å²) in [6.07, 6.45) is 6.93. The molecule has 0 radical (unpaired) electrons. The fraction of sp³-hybridized carbons (Fsp3) is 0.636. The highest BCUT2D eigenvalue weighted by Crippen LogP contribution is 2.16. The van der Waals surface area contributed by atoms with Gasteiger partial charge in [-0.1, -0.05) is 6.92 Å². The minimum atomic E-state index is -0.190. The number of likely N-dealkylation sites (tertiary alicyclic amines) is 2. The quantitative estimate of drug-likeness (QED) is 0.704. The number of carbonyl (C=O) groups excluding carboxylic acids is 2. The van der Waals surface area contributed by atoms with Crippen molar-refractivity contribution < 1.29 is 9.59 Å². The number of urea groups is 1. The van der Waals surface area contributed by atoms with Gasteiger partial charge in [0.2, 0.25) is 0 Å². The molecule has 28 heavy (non-hydrogen) atoms. The van der Waals surface area contributed by atoms with Crippen LogP contribution >= 0.6 is 0 Å². The summed E-state index contributed by atoms with van der Waals surface area (Å²) in [6, 6.07) is 6.97. The first-order valence-corrected chi connectivity index (χ1v) is 10.8. The number of anilines is 1. The Labute approximate surface area is 168 Å². The van der Waals surface area contributed by atoms with Crippen molar-refractivity contribution >= 4 is 17.6 Å². The maximum Gasteiger partial charge on any atom is 0.319 e. The zero-order valence-corrected chi connectivity index (χ0v) is 17.1. The van der Waals surface area contributed by atoms with Crippen molar-refractivity contribution in [2.45, 2.75) is 45.4 Å². The van der Waals surface area contributed by atoms with Gasteiger partial charge in [0.25, 0.3) is 5.91 Å². The summed E-state index contributed by atoms with van der Waals surface area (Å²) in [7, 11) is 0. The molecule has 3 rings (SSSR count). The number of nitrogens with zero attached hydrogens (tertiary/aromatic N) is 2. The molecule has 0 spiro atoms. The van der Waals surface area contributed by atoms with Crippen LogP contribution in [-0.4, -0.2) is 61.0 Å². The fourth-order valence-corrected chi connectivity index (χ4v) is 4.13. The van der Waals surface area contributed by atoms with E-state index in [0.717, 1.165) is 51.2 Å². The van der Waals surface area contributed by atoms with E-state index in [2.05, 4.69) is 22.5 Å². The normalized spacial score (nSPS) is 20.2. The number of carbonyl (C=O) groups is 2. The molecular formula is C22H34N4O2. The number of amides is 3. The van der Waals surface area contributed by atoms with E-state index in [9.17, 15) is 9.59 Å². The maximum atomic E-state index is 12.3. The fourth-order valence-electron chi connectivity index (χ4n) is 4.13. The van der Waals surface area contributed by atoms with Gasteiger partial charge in [-0.15, -0.1) is 0 Å². The Morgan fingerprint density at radius 1 is 1.04 bits per heavy atom. The van der Waals surface area contributed by atoms with Gasteiger partial charge >= 0.3 is 6.03 Å². The molecule has 6 nitrogen and oxygen atoms in total. The summed E-state index contributed by atoms with van der Waals surface area (Å²) < 4.78 is 0. The lowest BCUT2D eigenvalue weighted by atomic mass is 10.0. The predicted octanol–water partition coefficient (Wildman–Crippen LogP) is 3.56. The van der Waals surface area contributed by atoms with Gasteiger partial charge in [-0.3, -0.25) is 4.79 Å². The molecule has 1 atom stereocenters. The lowest BCUT2D eigenvalue weighted by molar-refractivity contribution is 0.0793. The van der Waals surface area contributed by atoms with Crippen molar-refractivity contribution in [1.82, 2.24) is 15.1 Å². The molecule has 2 fully saturated rings. The van der Waals surface area contributed by atoms with Gasteiger partial charge in [-0.2, -0.15) is 0 Å². The first kappa shape index (κ1) is 20.6. The van der Waals surface area contributed by atoms with Crippen molar-refractivity contribution in [1.29, 1.82) is 0 Å². The molecule has 154 valence electrons. The number of benzene rings is 1. The van der Waals surface area contributed by atoms with E-state index in [0.29, 0.717) is 17.8 Å². The summed E-state index contributed by atoms with van der Waals surface area (Å²) in [4.78, 5) is 28.8. The standard InChI is InChI=1S/C22H34N4O2/c1-18-7-6-14-25(17-18)13-3-2-12-23-22(28)24-20-10-8-19(9-11-20)21(27)26-15-4-5-16-26/h8-11,18H,2-7,12-17H2,1H3,(H2,23,24,28). The molecule has 6 heteroatoms. The molecule has 3 amide bonds. The van der Waals surface area contributed by atoms with Crippen LogP contribution in [0.4, 0.5) is 10.5 Å². The molecule has 1 aromatic rings. The smallest absolute Gasteiger partial charge is 0.319 e. The molecule has 0 saturated carbocycles. The van der Waals surface area contributed by atoms with Crippen LogP contribution in [0.25, 0.3) is 0 Å². The van der Waals surface area contributed by atoms with Crippen LogP contribution in [-0.2, 0) is 0 Å². The lowest BCUT2D eigenvalue weighted by Crippen LogP contribution is -2.35. The molecule has 0 aromatic heterocycles. The first-order chi connectivity index (χ1) is 13.6. The number of rotatable bonds is 7. The molecule has 2 aliphatic rings. The molecule has 1 aromatic carbocycles. The maximum absolute atomic E-state index is 12.3. The third kappa shape index (κ3) is 6.23. The molecule has 2 heterocycles. The summed E-state index contributed by atoms with van der Waals surface area (Å²) in [5, 5.41) is 5.75. The van der Waals surface area contributed by atoms with Gasteiger partial charge in [0, 0.05) is 37.4 Å². The van der Waals surface area contributed by atoms with Crippen molar-refractivity contribution in [2.75, 3.05) is 44.6 Å². The van der Waals surface area contributed by atoms with Crippen LogP contribution in [0.15, 0.2) is 24.3 Å². The van der Waals surface area contributed by atoms with Gasteiger partial charge in [0.1, 0.15) is 0 Å². The highest BCUT2D eigenvalue weighted by atomic mass is 16.2. The van der Waals surface area contributed by atoms with Crippen molar-refractivity contribution in [3.63, 3.8) is 0 Å². The Morgan fingerprint density at radius 2 is 1.79 bits per heavy atom. The average molecular weight is 387 g/mol. The Kier molecular flexibility index (Phi) is 7.71. The van der Waals surface area contributed by atoms with Crippen LogP contribution < -0.4 is 10.6 Å². The summed E-state index contributed by atoms with van der Waals surface area (Å²) >= 11 is 0. The second kappa shape index (κ2) is 10.5. The Balaban J connectivity index is 1.31. The van der Waals surface area contributed by atoms with Gasteiger partial charge < -0.3 is 20.4 Å². The minimum Gasteiger partial charge on any atom is -0.339 e. The van der Waals surface area contributed by atoms with E-state index in [4.69, 9.17) is 0 Å². The monoisotopic (exact) mass is 386 g/mol. The molecule has 2 N–H and O–H groups in total. The highest BCUT2D eigenvalue weighted by Gasteiger charge is 2.19. The van der Waals surface area contributed by atoms with Crippen LogP contribution in [0.1, 0.15) is 55.8 Å². The second-order valence-corrected chi connectivity index (χ2v) is 8.21. The SMILES string of the molecule is CC1CCCN(CCCCNC(=O)Nc2ccc(C(=O)N3CCCC3)cc2)C1. The summed E-state index contributed by atoms with van der Waals surface area (Å²) in [5.74, 6) is 0.895. The van der Waals surface area contributed by atoms with Crippen LogP contribution in [0.3, 0.4) is 0 Å². The predicted molar refractivity (Wildman–Crippen MR) is 113 cm³/mol. The van der Waals surface area contributed by atoms with E-state index in [1.165, 1.54) is 25.9 Å². The van der Waals surface area contributed by atoms with Crippen LogP contribution in [0, 0.1) is 5.92 Å². The summed E-state index contributed by atoms with van der Waals surface area (Å²) in [5.41, 5.74) is 1.39.